The minimum atomic E-state index is -0.348. The third kappa shape index (κ3) is 2.54. The summed E-state index contributed by atoms with van der Waals surface area (Å²) in [5.41, 5.74) is 14.9. The summed E-state index contributed by atoms with van der Waals surface area (Å²) >= 11 is 0. The van der Waals surface area contributed by atoms with Gasteiger partial charge in [-0.25, -0.2) is 0 Å². The smallest absolute Gasteiger partial charge is 0.0690 e. The fourth-order valence-electron chi connectivity index (χ4n) is 4.69. The number of hydrogen-bond acceptors (Lipinski definition) is 1. The van der Waals surface area contributed by atoms with E-state index in [1.165, 1.54) is 33.4 Å². The number of nitrogens with two attached hydrogens (primary N) is 1. The average Bonchev–Trinajstić information content (AvgIpc) is 2.97. The van der Waals surface area contributed by atoms with Crippen LogP contribution in [-0.2, 0) is 5.41 Å². The molecule has 4 rings (SSSR count). The van der Waals surface area contributed by atoms with Crippen molar-refractivity contribution in [2.75, 3.05) is 5.73 Å². The van der Waals surface area contributed by atoms with Crippen LogP contribution in [0.4, 0.5) is 5.69 Å². The maximum absolute atomic E-state index is 6.63. The molecule has 3 aromatic carbocycles. The molecule has 2 N–H and O–H groups in total. The predicted molar refractivity (Wildman–Crippen MR) is 116 cm³/mol. The van der Waals surface area contributed by atoms with E-state index in [1.54, 1.807) is 0 Å². The third-order valence-electron chi connectivity index (χ3n) is 5.82. The highest BCUT2D eigenvalue weighted by Gasteiger charge is 2.46. The van der Waals surface area contributed by atoms with Crippen LogP contribution in [0.15, 0.2) is 97.1 Å². The molecule has 0 saturated carbocycles. The fraction of sp³-hybridized carbons (Fsp3) is 0.154. The Labute approximate surface area is 161 Å². The van der Waals surface area contributed by atoms with Crippen LogP contribution in [0.1, 0.15) is 42.0 Å². The van der Waals surface area contributed by atoms with Crippen LogP contribution in [0.2, 0.25) is 0 Å². The Morgan fingerprint density at radius 1 is 0.852 bits per heavy atom. The van der Waals surface area contributed by atoms with Gasteiger partial charge in [0.15, 0.2) is 0 Å². The molecule has 1 heteroatoms. The van der Waals surface area contributed by atoms with E-state index < -0.39 is 0 Å². The summed E-state index contributed by atoms with van der Waals surface area (Å²) in [4.78, 5) is 0. The fourth-order valence-corrected chi connectivity index (χ4v) is 4.69. The van der Waals surface area contributed by atoms with Gasteiger partial charge in [0.1, 0.15) is 0 Å². The number of benzene rings is 3. The molecule has 0 spiro atoms. The Morgan fingerprint density at radius 2 is 1.44 bits per heavy atom. The molecule has 0 unspecified atom stereocenters. The van der Waals surface area contributed by atoms with Crippen LogP contribution in [-0.4, -0.2) is 0 Å². The zero-order chi connectivity index (χ0) is 18.9. The molecule has 3 aromatic rings. The Bertz CT molecular complexity index is 957. The molecule has 0 aromatic heterocycles. The zero-order valence-electron chi connectivity index (χ0n) is 15.8. The lowest BCUT2D eigenvalue weighted by Gasteiger charge is -2.35. The maximum Gasteiger partial charge on any atom is 0.0690 e. The zero-order valence-corrected chi connectivity index (χ0v) is 15.8. The summed E-state index contributed by atoms with van der Waals surface area (Å²) in [6.07, 6.45) is 3.94. The average molecular weight is 351 g/mol. The highest BCUT2D eigenvalue weighted by atomic mass is 14.6. The van der Waals surface area contributed by atoms with Crippen LogP contribution in [0.5, 0.6) is 0 Å². The number of fused-ring (bicyclic) bond motifs is 1. The molecule has 1 aliphatic carbocycles. The Kier molecular flexibility index (Phi) is 4.45. The number of anilines is 1. The van der Waals surface area contributed by atoms with Gasteiger partial charge < -0.3 is 5.73 Å². The van der Waals surface area contributed by atoms with Crippen molar-refractivity contribution >= 4 is 11.3 Å². The Morgan fingerprint density at radius 3 is 2.00 bits per heavy atom. The summed E-state index contributed by atoms with van der Waals surface area (Å²) in [6.45, 7) is 6.20. The Hall–Kier alpha value is -3.06. The minimum absolute atomic E-state index is 0.348. The van der Waals surface area contributed by atoms with E-state index in [0.29, 0.717) is 0 Å². The summed E-state index contributed by atoms with van der Waals surface area (Å²) in [6, 6.07) is 27.8. The highest BCUT2D eigenvalue weighted by Crippen LogP contribution is 2.56. The molecular formula is C26H25N. The van der Waals surface area contributed by atoms with Gasteiger partial charge in [-0.05, 0) is 48.1 Å². The van der Waals surface area contributed by atoms with Crippen molar-refractivity contribution in [3.05, 3.63) is 119 Å². The molecule has 0 atom stereocenters. The maximum atomic E-state index is 6.63. The van der Waals surface area contributed by atoms with E-state index in [9.17, 15) is 0 Å². The van der Waals surface area contributed by atoms with Crippen LogP contribution in [0.3, 0.4) is 0 Å². The van der Waals surface area contributed by atoms with Crippen molar-refractivity contribution in [2.24, 2.45) is 0 Å². The van der Waals surface area contributed by atoms with Crippen LogP contribution >= 0.6 is 0 Å². The van der Waals surface area contributed by atoms with Crippen molar-refractivity contribution in [3.63, 3.8) is 0 Å². The van der Waals surface area contributed by atoms with E-state index in [1.807, 2.05) is 12.1 Å². The molecule has 1 nitrogen and oxygen atoms in total. The van der Waals surface area contributed by atoms with E-state index in [0.717, 1.165) is 18.5 Å². The van der Waals surface area contributed by atoms with Crippen LogP contribution in [0.25, 0.3) is 5.57 Å². The second kappa shape index (κ2) is 6.92. The van der Waals surface area contributed by atoms with Gasteiger partial charge in [-0.15, -0.1) is 6.58 Å². The molecule has 0 bridgehead atoms. The summed E-state index contributed by atoms with van der Waals surface area (Å²) in [7, 11) is 0. The lowest BCUT2D eigenvalue weighted by Crippen LogP contribution is -2.29. The van der Waals surface area contributed by atoms with Gasteiger partial charge in [0.2, 0.25) is 0 Å². The molecule has 0 amide bonds. The van der Waals surface area contributed by atoms with Crippen molar-refractivity contribution in [2.45, 2.75) is 25.2 Å². The van der Waals surface area contributed by atoms with Gasteiger partial charge in [0.05, 0.1) is 5.41 Å². The summed E-state index contributed by atoms with van der Waals surface area (Å²) in [5.74, 6) is 0. The standard InChI is InChI=1S/C26H25N/c1-3-4-16-22-19(2)26(20-12-7-5-8-13-20,21-14-9-6-10-15-21)25-23(22)17-11-18-24(25)27/h3,5-15,17-18H,1,4,16,27H2,2H3. The number of hydrogen-bond donors (Lipinski definition) is 1. The van der Waals surface area contributed by atoms with Gasteiger partial charge in [-0.1, -0.05) is 84.4 Å². The second-order valence-corrected chi connectivity index (χ2v) is 7.18. The first-order chi connectivity index (χ1) is 13.2. The summed E-state index contributed by atoms with van der Waals surface area (Å²) < 4.78 is 0. The predicted octanol–water partition coefficient (Wildman–Crippen LogP) is 6.36. The van der Waals surface area contributed by atoms with E-state index in [4.69, 9.17) is 5.73 Å². The van der Waals surface area contributed by atoms with Gasteiger partial charge in [0.25, 0.3) is 0 Å². The van der Waals surface area contributed by atoms with Gasteiger partial charge in [0, 0.05) is 11.3 Å². The molecule has 0 saturated heterocycles. The van der Waals surface area contributed by atoms with E-state index in [-0.39, 0.29) is 5.41 Å². The number of allylic oxidation sites excluding steroid dienone is 3. The topological polar surface area (TPSA) is 26.0 Å². The highest BCUT2D eigenvalue weighted by molar-refractivity contribution is 5.88. The van der Waals surface area contributed by atoms with Crippen LogP contribution in [0, 0.1) is 0 Å². The van der Waals surface area contributed by atoms with Crippen molar-refractivity contribution < 1.29 is 0 Å². The molecule has 0 fully saturated rings. The van der Waals surface area contributed by atoms with Crippen molar-refractivity contribution in [3.8, 4) is 0 Å². The lowest BCUT2D eigenvalue weighted by atomic mass is 9.67. The van der Waals surface area contributed by atoms with Crippen LogP contribution < -0.4 is 5.73 Å². The first-order valence-electron chi connectivity index (χ1n) is 9.52. The van der Waals surface area contributed by atoms with Gasteiger partial charge in [-0.3, -0.25) is 0 Å². The molecule has 0 aliphatic heterocycles. The van der Waals surface area contributed by atoms with E-state index >= 15 is 0 Å². The van der Waals surface area contributed by atoms with Gasteiger partial charge in [-0.2, -0.15) is 0 Å². The van der Waals surface area contributed by atoms with Crippen molar-refractivity contribution in [1.82, 2.24) is 0 Å². The monoisotopic (exact) mass is 351 g/mol. The molecule has 27 heavy (non-hydrogen) atoms. The number of rotatable bonds is 5. The molecule has 0 radical (unpaired) electrons. The third-order valence-corrected chi connectivity index (χ3v) is 5.82. The van der Waals surface area contributed by atoms with Gasteiger partial charge >= 0.3 is 0 Å². The molecule has 1 aliphatic rings. The Balaban J connectivity index is 2.13. The lowest BCUT2D eigenvalue weighted by molar-refractivity contribution is 0.744. The molecular weight excluding hydrogens is 326 g/mol. The normalized spacial score (nSPS) is 14.9. The first-order valence-corrected chi connectivity index (χ1v) is 9.52. The van der Waals surface area contributed by atoms with Crippen molar-refractivity contribution in [1.29, 1.82) is 0 Å². The SMILES string of the molecule is C=CCCC1=C(C)C(c2ccccc2)(c2ccccc2)c2c(N)cccc21. The largest absolute Gasteiger partial charge is 0.398 e. The summed E-state index contributed by atoms with van der Waals surface area (Å²) in [5, 5.41) is 0. The minimum Gasteiger partial charge on any atom is -0.398 e. The molecule has 134 valence electrons. The second-order valence-electron chi connectivity index (χ2n) is 7.18. The first kappa shape index (κ1) is 17.4. The molecule has 0 heterocycles. The number of nitrogen functional groups attached to an aromatic ring is 1. The quantitative estimate of drug-likeness (QED) is 0.420. The van der Waals surface area contributed by atoms with E-state index in [2.05, 4.69) is 86.3 Å².